The lowest BCUT2D eigenvalue weighted by Crippen LogP contribution is -3.06. The summed E-state index contributed by atoms with van der Waals surface area (Å²) in [5, 5.41) is 3.15. The minimum absolute atomic E-state index is 0.726. The van der Waals surface area contributed by atoms with Crippen LogP contribution in [0.3, 0.4) is 0 Å². The van der Waals surface area contributed by atoms with Gasteiger partial charge in [-0.3, -0.25) is 0 Å². The quantitative estimate of drug-likeness (QED) is 0.694. The summed E-state index contributed by atoms with van der Waals surface area (Å²) >= 11 is 1.67. The number of ether oxygens (including phenoxy) is 2. The third kappa shape index (κ3) is 4.23. The summed E-state index contributed by atoms with van der Waals surface area (Å²) in [4.78, 5) is 6.24. The maximum atomic E-state index is 5.40. The Kier molecular flexibility index (Phi) is 5.91. The Labute approximate surface area is 159 Å². The monoisotopic (exact) mass is 369 g/mol. The molecule has 0 bridgehead atoms. The molecule has 0 saturated heterocycles. The number of benzene rings is 2. The number of aryl methyl sites for hydroxylation is 1. The molecule has 0 fully saturated rings. The molecule has 0 saturated carbocycles. The van der Waals surface area contributed by atoms with Crippen LogP contribution in [0.25, 0.3) is 10.6 Å². The van der Waals surface area contributed by atoms with Crippen LogP contribution in [0.4, 0.5) is 0 Å². The van der Waals surface area contributed by atoms with Crippen molar-refractivity contribution in [3.63, 3.8) is 0 Å². The van der Waals surface area contributed by atoms with Gasteiger partial charge in [-0.15, -0.1) is 11.3 Å². The van der Waals surface area contributed by atoms with Crippen molar-refractivity contribution in [3.8, 4) is 22.1 Å². The Morgan fingerprint density at radius 3 is 2.50 bits per heavy atom. The Morgan fingerprint density at radius 1 is 1.00 bits per heavy atom. The fraction of sp³-hybridized carbons (Fsp3) is 0.286. The summed E-state index contributed by atoms with van der Waals surface area (Å²) < 4.78 is 10.7. The van der Waals surface area contributed by atoms with Crippen molar-refractivity contribution in [3.05, 3.63) is 64.7 Å². The van der Waals surface area contributed by atoms with Crippen LogP contribution in [0.2, 0.25) is 0 Å². The van der Waals surface area contributed by atoms with Crippen LogP contribution in [0, 0.1) is 6.92 Å². The molecule has 136 valence electrons. The van der Waals surface area contributed by atoms with Gasteiger partial charge >= 0.3 is 0 Å². The molecular weight excluding hydrogens is 344 g/mol. The standard InChI is InChI=1S/C21H24N2O2S/c1-15-7-5-6-8-17(15)12-23(2)13-18-14-26-21(22-18)16-9-10-19(24-3)20(11-16)25-4/h5-11,14H,12-13H2,1-4H3/p+1. The number of hydrogen-bond acceptors (Lipinski definition) is 4. The Bertz CT molecular complexity index is 876. The zero-order chi connectivity index (χ0) is 18.5. The van der Waals surface area contributed by atoms with Crippen LogP contribution in [0.15, 0.2) is 47.8 Å². The van der Waals surface area contributed by atoms with E-state index in [1.54, 1.807) is 25.6 Å². The van der Waals surface area contributed by atoms with Crippen molar-refractivity contribution in [2.75, 3.05) is 21.3 Å². The average molecular weight is 370 g/mol. The fourth-order valence-electron chi connectivity index (χ4n) is 3.00. The van der Waals surface area contributed by atoms with Gasteiger partial charge in [0.25, 0.3) is 0 Å². The fourth-order valence-corrected chi connectivity index (χ4v) is 3.81. The maximum Gasteiger partial charge on any atom is 0.161 e. The molecule has 1 atom stereocenters. The molecule has 0 aliphatic carbocycles. The summed E-state index contributed by atoms with van der Waals surface area (Å²) in [5.74, 6) is 1.46. The van der Waals surface area contributed by atoms with E-state index in [9.17, 15) is 0 Å². The first-order valence-corrected chi connectivity index (χ1v) is 9.51. The lowest BCUT2D eigenvalue weighted by atomic mass is 10.1. The van der Waals surface area contributed by atoms with E-state index in [2.05, 4.69) is 43.6 Å². The van der Waals surface area contributed by atoms with Crippen LogP contribution in [-0.4, -0.2) is 26.3 Å². The number of nitrogens with zero attached hydrogens (tertiary/aromatic N) is 1. The van der Waals surface area contributed by atoms with Crippen LogP contribution in [0.5, 0.6) is 11.5 Å². The Balaban J connectivity index is 1.71. The highest BCUT2D eigenvalue weighted by atomic mass is 32.1. The predicted molar refractivity (Wildman–Crippen MR) is 106 cm³/mol. The molecule has 1 heterocycles. The van der Waals surface area contributed by atoms with E-state index in [0.717, 1.165) is 40.9 Å². The van der Waals surface area contributed by atoms with Crippen molar-refractivity contribution in [1.82, 2.24) is 4.98 Å². The van der Waals surface area contributed by atoms with Gasteiger partial charge in [-0.1, -0.05) is 24.3 Å². The van der Waals surface area contributed by atoms with Crippen molar-refractivity contribution in [2.45, 2.75) is 20.0 Å². The molecule has 4 nitrogen and oxygen atoms in total. The molecule has 0 aliphatic rings. The van der Waals surface area contributed by atoms with Gasteiger partial charge in [0.1, 0.15) is 23.8 Å². The lowest BCUT2D eigenvalue weighted by molar-refractivity contribution is -0.908. The van der Waals surface area contributed by atoms with Gasteiger partial charge < -0.3 is 14.4 Å². The Morgan fingerprint density at radius 2 is 1.77 bits per heavy atom. The van der Waals surface area contributed by atoms with Gasteiger partial charge in [0, 0.05) is 16.5 Å². The van der Waals surface area contributed by atoms with E-state index in [0.29, 0.717) is 0 Å². The van der Waals surface area contributed by atoms with Crippen LogP contribution < -0.4 is 14.4 Å². The molecule has 3 rings (SSSR count). The third-order valence-electron chi connectivity index (χ3n) is 4.42. The highest BCUT2D eigenvalue weighted by Crippen LogP contribution is 2.33. The molecule has 1 unspecified atom stereocenters. The predicted octanol–water partition coefficient (Wildman–Crippen LogP) is 3.35. The maximum absolute atomic E-state index is 5.40. The number of rotatable bonds is 7. The Hall–Kier alpha value is -2.37. The number of thiazole rings is 1. The number of hydrogen-bond donors (Lipinski definition) is 1. The zero-order valence-corrected chi connectivity index (χ0v) is 16.5. The van der Waals surface area contributed by atoms with Crippen LogP contribution in [0.1, 0.15) is 16.8 Å². The SMILES string of the molecule is COc1ccc(-c2nc(C[NH+](C)Cc3ccccc3C)cs2)cc1OC. The van der Waals surface area contributed by atoms with E-state index in [-0.39, 0.29) is 0 Å². The highest BCUT2D eigenvalue weighted by molar-refractivity contribution is 7.13. The molecule has 0 spiro atoms. The summed E-state index contributed by atoms with van der Waals surface area (Å²) in [6.45, 7) is 4.06. The summed E-state index contributed by atoms with van der Waals surface area (Å²) in [6, 6.07) is 14.5. The van der Waals surface area contributed by atoms with Gasteiger partial charge in [-0.05, 0) is 30.7 Å². The second-order valence-electron chi connectivity index (χ2n) is 6.45. The van der Waals surface area contributed by atoms with Crippen molar-refractivity contribution < 1.29 is 14.4 Å². The number of methoxy groups -OCH3 is 2. The first-order chi connectivity index (χ1) is 12.6. The lowest BCUT2D eigenvalue weighted by Gasteiger charge is -2.14. The second-order valence-corrected chi connectivity index (χ2v) is 7.31. The molecule has 1 aromatic heterocycles. The molecular formula is C21H25N2O2S+. The largest absolute Gasteiger partial charge is 0.493 e. The summed E-state index contributed by atoms with van der Waals surface area (Å²) in [7, 11) is 5.51. The summed E-state index contributed by atoms with van der Waals surface area (Å²) in [6.07, 6.45) is 0. The molecule has 3 aromatic rings. The number of quaternary nitrogens is 1. The van der Waals surface area contributed by atoms with Crippen molar-refractivity contribution >= 4 is 11.3 Å². The van der Waals surface area contributed by atoms with Crippen molar-refractivity contribution in [1.29, 1.82) is 0 Å². The molecule has 0 radical (unpaired) electrons. The first-order valence-electron chi connectivity index (χ1n) is 8.63. The molecule has 2 aromatic carbocycles. The number of aromatic nitrogens is 1. The zero-order valence-electron chi connectivity index (χ0n) is 15.7. The van der Waals surface area contributed by atoms with Gasteiger partial charge in [0.05, 0.1) is 21.3 Å². The minimum atomic E-state index is 0.726. The van der Waals surface area contributed by atoms with E-state index in [4.69, 9.17) is 14.5 Å². The molecule has 0 aliphatic heterocycles. The van der Waals surface area contributed by atoms with E-state index in [1.165, 1.54) is 16.0 Å². The van der Waals surface area contributed by atoms with Gasteiger partial charge in [-0.2, -0.15) is 0 Å². The third-order valence-corrected chi connectivity index (χ3v) is 5.36. The normalized spacial score (nSPS) is 12.0. The van der Waals surface area contributed by atoms with Crippen LogP contribution >= 0.6 is 11.3 Å². The molecule has 26 heavy (non-hydrogen) atoms. The second kappa shape index (κ2) is 8.34. The first kappa shape index (κ1) is 18.4. The van der Waals surface area contributed by atoms with Gasteiger partial charge in [0.15, 0.2) is 11.5 Å². The minimum Gasteiger partial charge on any atom is -0.493 e. The van der Waals surface area contributed by atoms with Gasteiger partial charge in [0.2, 0.25) is 0 Å². The molecule has 1 N–H and O–H groups in total. The van der Waals surface area contributed by atoms with E-state index >= 15 is 0 Å². The highest BCUT2D eigenvalue weighted by Gasteiger charge is 2.13. The van der Waals surface area contributed by atoms with E-state index < -0.39 is 0 Å². The average Bonchev–Trinajstić information content (AvgIpc) is 3.11. The van der Waals surface area contributed by atoms with Gasteiger partial charge in [-0.25, -0.2) is 4.98 Å². The summed E-state index contributed by atoms with van der Waals surface area (Å²) in [5.41, 5.74) is 4.90. The number of nitrogens with one attached hydrogen (secondary N) is 1. The molecule has 5 heteroatoms. The smallest absolute Gasteiger partial charge is 0.161 e. The molecule has 0 amide bonds. The van der Waals surface area contributed by atoms with Crippen molar-refractivity contribution in [2.24, 2.45) is 0 Å². The van der Waals surface area contributed by atoms with E-state index in [1.807, 2.05) is 18.2 Å². The van der Waals surface area contributed by atoms with Crippen LogP contribution in [-0.2, 0) is 13.1 Å². The topological polar surface area (TPSA) is 35.8 Å².